The number of aromatic nitrogens is 1. The van der Waals surface area contributed by atoms with E-state index in [0.717, 1.165) is 4.57 Å². The molecular weight excluding hydrogens is 525 g/mol. The predicted molar refractivity (Wildman–Crippen MR) is 126 cm³/mol. The second kappa shape index (κ2) is 12.6. The number of carbonyl (C=O) groups is 2. The zero-order valence-corrected chi connectivity index (χ0v) is 20.3. The van der Waals surface area contributed by atoms with Crippen molar-refractivity contribution < 1.29 is 41.1 Å². The molecule has 0 saturated heterocycles. The number of sulfonamides is 1. The normalized spacial score (nSPS) is 12.8. The smallest absolute Gasteiger partial charge is 0.475 e. The van der Waals surface area contributed by atoms with Crippen molar-refractivity contribution in [3.05, 3.63) is 64.1 Å². The van der Waals surface area contributed by atoms with E-state index in [2.05, 4.69) is 9.88 Å². The third-order valence-corrected chi connectivity index (χ3v) is 5.61. The van der Waals surface area contributed by atoms with Crippen molar-refractivity contribution in [2.75, 3.05) is 4.72 Å². The quantitative estimate of drug-likeness (QED) is 0.165. The van der Waals surface area contributed by atoms with Crippen molar-refractivity contribution in [1.82, 2.24) is 4.57 Å². The number of aryl methyl sites for hydroxylation is 1. The minimum absolute atomic E-state index is 0.239. The zero-order chi connectivity index (χ0) is 28.6. The van der Waals surface area contributed by atoms with Crippen LogP contribution in [0.1, 0.15) is 24.2 Å². The summed E-state index contributed by atoms with van der Waals surface area (Å²) in [6.45, 7) is 3.01. The molecule has 13 nitrogen and oxygen atoms in total. The number of amides is 1. The third-order valence-electron chi connectivity index (χ3n) is 4.37. The highest BCUT2D eigenvalue weighted by Crippen LogP contribution is 2.18. The molecule has 1 heterocycles. The molecule has 0 aliphatic carbocycles. The highest BCUT2D eigenvalue weighted by molar-refractivity contribution is 7.91. The van der Waals surface area contributed by atoms with Crippen molar-refractivity contribution >= 4 is 33.5 Å². The Morgan fingerprint density at radius 1 is 1.14 bits per heavy atom. The summed E-state index contributed by atoms with van der Waals surface area (Å²) in [6.07, 6.45) is -6.10. The number of aliphatic carboxylic acids is 1. The topological polar surface area (TPSA) is 222 Å². The number of carbonyl (C=O) groups excluding carboxylic acids is 1. The van der Waals surface area contributed by atoms with Crippen molar-refractivity contribution in [2.45, 2.75) is 37.9 Å². The Balaban J connectivity index is 0.000000856. The predicted octanol–water partition coefficient (Wildman–Crippen LogP) is 0.352. The molecule has 0 aliphatic heterocycles. The van der Waals surface area contributed by atoms with Gasteiger partial charge in [-0.05, 0) is 36.7 Å². The first-order valence-electron chi connectivity index (χ1n) is 10.1. The summed E-state index contributed by atoms with van der Waals surface area (Å²) in [5.74, 6) is -4.35. The lowest BCUT2D eigenvalue weighted by molar-refractivity contribution is -0.192. The van der Waals surface area contributed by atoms with E-state index in [9.17, 15) is 31.2 Å². The Morgan fingerprint density at radius 3 is 2.14 bits per heavy atom. The fourth-order valence-corrected chi connectivity index (χ4v) is 4.03. The molecule has 2 atom stereocenters. The fraction of sp³-hybridized carbons (Fsp3) is 0.300. The number of guanidine groups is 1. The molecular formula is C20H25F3N6O7S. The zero-order valence-electron chi connectivity index (χ0n) is 19.5. The van der Waals surface area contributed by atoms with Gasteiger partial charge >= 0.3 is 12.1 Å². The van der Waals surface area contributed by atoms with Crippen LogP contribution in [0.3, 0.4) is 0 Å². The molecule has 0 radical (unpaired) electrons. The Morgan fingerprint density at radius 2 is 1.68 bits per heavy atom. The molecule has 2 aromatic rings. The Labute approximate surface area is 208 Å². The maximum Gasteiger partial charge on any atom is 0.490 e. The molecule has 8 N–H and O–H groups in total. The number of hydrogen-bond donors (Lipinski definition) is 5. The molecule has 17 heteroatoms. The van der Waals surface area contributed by atoms with E-state index in [4.69, 9.17) is 31.9 Å². The molecule has 2 unspecified atom stereocenters. The van der Waals surface area contributed by atoms with E-state index < -0.39 is 45.8 Å². The first-order chi connectivity index (χ1) is 17.0. The van der Waals surface area contributed by atoms with Crippen LogP contribution in [-0.2, 0) is 30.2 Å². The molecule has 0 saturated carbocycles. The van der Waals surface area contributed by atoms with E-state index in [0.29, 0.717) is 11.3 Å². The van der Waals surface area contributed by atoms with E-state index in [1.807, 2.05) is 0 Å². The summed E-state index contributed by atoms with van der Waals surface area (Å²) in [4.78, 5) is 39.0. The first-order valence-corrected chi connectivity index (χ1v) is 11.7. The van der Waals surface area contributed by atoms with E-state index in [1.165, 1.54) is 19.1 Å². The Hall–Kier alpha value is -4.28. The van der Waals surface area contributed by atoms with Crippen LogP contribution < -0.4 is 27.5 Å². The minimum atomic E-state index is -5.08. The molecule has 1 aromatic heterocycles. The van der Waals surface area contributed by atoms with Crippen LogP contribution >= 0.6 is 0 Å². The summed E-state index contributed by atoms with van der Waals surface area (Å²) in [5, 5.41) is 10.5. The van der Waals surface area contributed by atoms with Gasteiger partial charge in [0.25, 0.3) is 5.56 Å². The molecule has 0 spiro atoms. The monoisotopic (exact) mass is 550 g/mol. The van der Waals surface area contributed by atoms with E-state index in [-0.39, 0.29) is 17.4 Å². The van der Waals surface area contributed by atoms with Crippen LogP contribution in [0.2, 0.25) is 0 Å². The Kier molecular flexibility index (Phi) is 10.5. The SMILES string of the molecule is Cc1ccc(NS(=O)(=O)Cc2ccccc2)c(=O)n1C(C(N)=O)C(C)ON=C(N)N.O=C(O)C(F)(F)F. The number of anilines is 1. The Bertz CT molecular complexity index is 1290. The third kappa shape index (κ3) is 9.71. The van der Waals surface area contributed by atoms with Gasteiger partial charge in [-0.2, -0.15) is 13.2 Å². The fourth-order valence-electron chi connectivity index (χ4n) is 2.84. The second-order valence-electron chi connectivity index (χ2n) is 7.39. The van der Waals surface area contributed by atoms with Gasteiger partial charge in [0.15, 0.2) is 12.1 Å². The lowest BCUT2D eigenvalue weighted by Crippen LogP contribution is -2.42. The number of hydrogen-bond acceptors (Lipinski definition) is 7. The largest absolute Gasteiger partial charge is 0.490 e. The van der Waals surface area contributed by atoms with Gasteiger partial charge in [0.1, 0.15) is 5.69 Å². The number of primary amides is 1. The molecule has 0 aliphatic rings. The van der Waals surface area contributed by atoms with Crippen LogP contribution in [0.5, 0.6) is 0 Å². The number of nitrogens with zero attached hydrogens (tertiary/aromatic N) is 2. The van der Waals surface area contributed by atoms with E-state index >= 15 is 0 Å². The number of carboxylic acids is 1. The molecule has 2 rings (SSSR count). The minimum Gasteiger partial charge on any atom is -0.475 e. The second-order valence-corrected chi connectivity index (χ2v) is 9.11. The number of rotatable bonds is 9. The number of nitrogens with one attached hydrogen (secondary N) is 1. The maximum absolute atomic E-state index is 13.0. The molecule has 37 heavy (non-hydrogen) atoms. The van der Waals surface area contributed by atoms with Crippen molar-refractivity contribution in [2.24, 2.45) is 22.4 Å². The van der Waals surface area contributed by atoms with Crippen LogP contribution in [0.4, 0.5) is 18.9 Å². The summed E-state index contributed by atoms with van der Waals surface area (Å²) >= 11 is 0. The van der Waals surface area contributed by atoms with Gasteiger partial charge in [-0.1, -0.05) is 30.3 Å². The molecule has 0 fully saturated rings. The molecule has 1 aromatic carbocycles. The van der Waals surface area contributed by atoms with Gasteiger partial charge in [0.05, 0.1) is 5.75 Å². The number of alkyl halides is 3. The first kappa shape index (κ1) is 30.8. The number of halogens is 3. The van der Waals surface area contributed by atoms with Crippen LogP contribution in [0, 0.1) is 6.92 Å². The van der Waals surface area contributed by atoms with Crippen LogP contribution in [-0.4, -0.2) is 48.2 Å². The van der Waals surface area contributed by atoms with Crippen LogP contribution in [0.15, 0.2) is 52.4 Å². The average Bonchev–Trinajstić information content (AvgIpc) is 2.76. The van der Waals surface area contributed by atoms with Gasteiger partial charge in [0.2, 0.25) is 21.9 Å². The standard InChI is InChI=1S/C18H24N6O5S.C2HF3O2/c1-11-8-9-14(23-30(27,28)10-13-6-4-3-5-7-13)17(26)24(11)15(16(19)25)12(2)29-22-18(20)21;3-2(4,5)1(6)7/h3-9,12,15,23H,10H2,1-2H3,(H2,19,25)(H4,20,21,22);(H,6,7). The highest BCUT2D eigenvalue weighted by Gasteiger charge is 2.38. The van der Waals surface area contributed by atoms with Gasteiger partial charge in [-0.25, -0.2) is 13.2 Å². The van der Waals surface area contributed by atoms with Gasteiger partial charge < -0.3 is 27.1 Å². The summed E-state index contributed by atoms with van der Waals surface area (Å²) in [7, 11) is -3.89. The van der Waals surface area contributed by atoms with Crippen LogP contribution in [0.25, 0.3) is 0 Å². The summed E-state index contributed by atoms with van der Waals surface area (Å²) in [6, 6.07) is 9.98. The van der Waals surface area contributed by atoms with Gasteiger partial charge in [-0.3, -0.25) is 18.9 Å². The van der Waals surface area contributed by atoms with Gasteiger partial charge in [-0.15, -0.1) is 0 Å². The van der Waals surface area contributed by atoms with Gasteiger partial charge in [0, 0.05) is 5.69 Å². The number of pyridine rings is 1. The van der Waals surface area contributed by atoms with E-state index in [1.54, 1.807) is 37.3 Å². The average molecular weight is 551 g/mol. The van der Waals surface area contributed by atoms with Crippen molar-refractivity contribution in [3.8, 4) is 0 Å². The number of nitrogens with two attached hydrogens (primary N) is 3. The maximum atomic E-state index is 13.0. The number of carboxylic acid groups (broad SMARTS) is 1. The molecule has 204 valence electrons. The molecule has 0 bridgehead atoms. The summed E-state index contributed by atoms with van der Waals surface area (Å²) < 4.78 is 60.1. The lowest BCUT2D eigenvalue weighted by atomic mass is 10.1. The number of benzene rings is 1. The van der Waals surface area contributed by atoms with Crippen molar-refractivity contribution in [3.63, 3.8) is 0 Å². The number of oxime groups is 1. The lowest BCUT2D eigenvalue weighted by Gasteiger charge is -2.24. The summed E-state index contributed by atoms with van der Waals surface area (Å²) in [5.41, 5.74) is 15.8. The molecule has 1 amide bonds. The highest BCUT2D eigenvalue weighted by atomic mass is 32.2. The van der Waals surface area contributed by atoms with Crippen molar-refractivity contribution in [1.29, 1.82) is 0 Å².